The molecular weight excluding hydrogens is 578 g/mol. The summed E-state index contributed by atoms with van der Waals surface area (Å²) in [4.78, 5) is 31.1. The lowest BCUT2D eigenvalue weighted by Gasteiger charge is -2.27. The lowest BCUT2D eigenvalue weighted by molar-refractivity contribution is -0.125. The summed E-state index contributed by atoms with van der Waals surface area (Å²) in [7, 11) is 3.27. The molecule has 12 heteroatoms. The Balaban J connectivity index is 0.000000301. The van der Waals surface area contributed by atoms with Gasteiger partial charge in [0.15, 0.2) is 5.82 Å². The molecule has 234 valence electrons. The largest absolute Gasteiger partial charge is 0.467 e. The van der Waals surface area contributed by atoms with Gasteiger partial charge in [-0.25, -0.2) is 8.78 Å². The molecule has 3 aliphatic heterocycles. The number of ether oxygens (including phenoxy) is 1. The highest BCUT2D eigenvalue weighted by Crippen LogP contribution is 2.39. The van der Waals surface area contributed by atoms with Crippen LogP contribution in [-0.2, 0) is 4.79 Å². The van der Waals surface area contributed by atoms with Crippen LogP contribution in [-0.4, -0.2) is 98.9 Å². The Bertz CT molecular complexity index is 1820. The predicted molar refractivity (Wildman–Crippen MR) is 169 cm³/mol. The number of aromatic amines is 1. The third-order valence-electron chi connectivity index (χ3n) is 9.31. The highest BCUT2D eigenvalue weighted by Gasteiger charge is 2.44. The molecule has 0 spiro atoms. The van der Waals surface area contributed by atoms with E-state index in [1.165, 1.54) is 32.2 Å². The summed E-state index contributed by atoms with van der Waals surface area (Å²) in [5.41, 5.74) is 1.86. The molecule has 4 aromatic rings. The summed E-state index contributed by atoms with van der Waals surface area (Å²) < 4.78 is 34.1. The van der Waals surface area contributed by atoms with Gasteiger partial charge in [0.2, 0.25) is 5.91 Å². The molecule has 3 unspecified atom stereocenters. The van der Waals surface area contributed by atoms with E-state index in [9.17, 15) is 9.18 Å². The minimum Gasteiger partial charge on any atom is -0.467 e. The van der Waals surface area contributed by atoms with E-state index in [4.69, 9.17) is 11.2 Å². The van der Waals surface area contributed by atoms with Crippen LogP contribution in [0.2, 0.25) is 0 Å². The number of terminal acetylenes is 1. The average Bonchev–Trinajstić information content (AvgIpc) is 3.83. The van der Waals surface area contributed by atoms with E-state index in [1.54, 1.807) is 17.0 Å². The number of H-pyrrole nitrogens is 1. The van der Waals surface area contributed by atoms with Crippen LogP contribution in [0.1, 0.15) is 38.2 Å². The van der Waals surface area contributed by atoms with Crippen molar-refractivity contribution in [1.82, 2.24) is 34.9 Å². The van der Waals surface area contributed by atoms with Gasteiger partial charge in [0.1, 0.15) is 28.9 Å². The van der Waals surface area contributed by atoms with Crippen molar-refractivity contribution in [3.05, 3.63) is 48.4 Å². The number of carbonyl (C=O) groups excluding carboxylic acids is 1. The molecule has 3 atom stereocenters. The zero-order valence-electron chi connectivity index (χ0n) is 25.7. The number of benzene rings is 1. The second-order valence-electron chi connectivity index (χ2n) is 12.1. The van der Waals surface area contributed by atoms with Gasteiger partial charge in [-0.1, -0.05) is 18.6 Å². The van der Waals surface area contributed by atoms with Crippen molar-refractivity contribution in [2.75, 3.05) is 45.2 Å². The molecule has 6 heterocycles. The number of fused-ring (bicyclic) bond motifs is 3. The van der Waals surface area contributed by atoms with Crippen LogP contribution >= 0.6 is 0 Å². The summed E-state index contributed by atoms with van der Waals surface area (Å²) in [6.07, 6.45) is 11.9. The normalized spacial score (nSPS) is 22.6. The van der Waals surface area contributed by atoms with E-state index < -0.39 is 12.0 Å². The number of aromatic nitrogens is 5. The third-order valence-corrected chi connectivity index (χ3v) is 9.31. The first-order chi connectivity index (χ1) is 21.7. The van der Waals surface area contributed by atoms with Gasteiger partial charge in [-0.05, 0) is 57.4 Å². The molecule has 1 amide bonds. The van der Waals surface area contributed by atoms with E-state index in [-0.39, 0.29) is 34.7 Å². The van der Waals surface area contributed by atoms with E-state index in [0.29, 0.717) is 53.0 Å². The molecule has 0 saturated carbocycles. The van der Waals surface area contributed by atoms with Gasteiger partial charge in [-0.15, -0.1) is 6.42 Å². The summed E-state index contributed by atoms with van der Waals surface area (Å²) in [6, 6.07) is 5.37. The second-order valence-corrected chi connectivity index (χ2v) is 12.1. The maximum absolute atomic E-state index is 16.0. The van der Waals surface area contributed by atoms with Crippen molar-refractivity contribution in [3.8, 4) is 29.7 Å². The summed E-state index contributed by atoms with van der Waals surface area (Å²) in [5, 5.41) is 8.20. The minimum absolute atomic E-state index is 0.0172. The molecule has 3 aliphatic rings. The Morgan fingerprint density at radius 1 is 1.29 bits per heavy atom. The first-order valence-electron chi connectivity index (χ1n) is 15.0. The fourth-order valence-electron chi connectivity index (χ4n) is 6.87. The van der Waals surface area contributed by atoms with Crippen LogP contribution in [0, 0.1) is 18.2 Å². The first kappa shape index (κ1) is 30.4. The van der Waals surface area contributed by atoms with E-state index in [1.807, 2.05) is 18.0 Å². The number of amides is 1. The zero-order valence-corrected chi connectivity index (χ0v) is 25.7. The number of likely N-dealkylation sites (N-methyl/N-ethyl adjacent to an activating group) is 1. The van der Waals surface area contributed by atoms with E-state index in [2.05, 4.69) is 49.5 Å². The SMILES string of the molecule is C#Cc1cccc2[nH]nc(-c3ncc4c(N(C)C5CCN(C(=O)C=C)C5)nc(OC)nc4c3F)c12.CC12CCCN1CC(F)C2. The maximum Gasteiger partial charge on any atom is 0.318 e. The molecule has 0 radical (unpaired) electrons. The number of hydrogen-bond donors (Lipinski definition) is 1. The van der Waals surface area contributed by atoms with E-state index in [0.717, 1.165) is 19.4 Å². The van der Waals surface area contributed by atoms with Crippen LogP contribution < -0.4 is 9.64 Å². The summed E-state index contributed by atoms with van der Waals surface area (Å²) in [5.74, 6) is 2.29. The number of pyridine rings is 1. The Kier molecular flexibility index (Phi) is 8.14. The number of rotatable bonds is 5. The third kappa shape index (κ3) is 5.46. The topological polar surface area (TPSA) is 103 Å². The van der Waals surface area contributed by atoms with Gasteiger partial charge in [0.05, 0.1) is 18.0 Å². The Morgan fingerprint density at radius 2 is 2.11 bits per heavy atom. The van der Waals surface area contributed by atoms with Crippen molar-refractivity contribution < 1.29 is 18.3 Å². The number of nitrogens with zero attached hydrogens (tertiary/aromatic N) is 7. The molecule has 3 aromatic heterocycles. The van der Waals surface area contributed by atoms with Crippen LogP contribution in [0.4, 0.5) is 14.6 Å². The first-order valence-corrected chi connectivity index (χ1v) is 15.0. The van der Waals surface area contributed by atoms with Gasteiger partial charge in [-0.2, -0.15) is 15.1 Å². The second kappa shape index (κ2) is 12.0. The number of alkyl halides is 1. The molecule has 0 aliphatic carbocycles. The average molecular weight is 615 g/mol. The van der Waals surface area contributed by atoms with E-state index >= 15 is 4.39 Å². The van der Waals surface area contributed by atoms with Crippen LogP contribution in [0.5, 0.6) is 6.01 Å². The van der Waals surface area contributed by atoms with Crippen molar-refractivity contribution >= 4 is 33.5 Å². The predicted octanol–water partition coefficient (Wildman–Crippen LogP) is 4.50. The van der Waals surface area contributed by atoms with Crippen LogP contribution in [0.25, 0.3) is 33.2 Å². The van der Waals surface area contributed by atoms with Gasteiger partial charge >= 0.3 is 6.01 Å². The standard InChI is InChI=1S/C25H22FN7O2.C8H14FN/c1-5-14-8-7-9-17-19(14)22(31-30-17)23-20(26)21-16(12-27-23)24(29-25(28-21)35-4)32(3)15-10-11-33(13-15)18(34)6-2;1-8-3-2-4-10(8)6-7(9)5-8/h1,6-9,12,15H,2,10-11,13H2,3-4H3,(H,30,31);7H,2-6H2,1H3. The molecule has 10 nitrogen and oxygen atoms in total. The maximum atomic E-state index is 16.0. The lowest BCUT2D eigenvalue weighted by atomic mass is 9.97. The number of anilines is 1. The van der Waals surface area contributed by atoms with Crippen LogP contribution in [0.3, 0.4) is 0 Å². The molecule has 3 saturated heterocycles. The Morgan fingerprint density at radius 3 is 2.84 bits per heavy atom. The molecule has 1 N–H and O–H groups in total. The van der Waals surface area contributed by atoms with Gasteiger partial charge in [0.25, 0.3) is 0 Å². The molecular formula is C33H36F2N8O2. The zero-order chi connectivity index (χ0) is 31.9. The highest BCUT2D eigenvalue weighted by atomic mass is 19.1. The van der Waals surface area contributed by atoms with Crippen molar-refractivity contribution in [2.24, 2.45) is 0 Å². The monoisotopic (exact) mass is 614 g/mol. The number of halogens is 2. The lowest BCUT2D eigenvalue weighted by Crippen LogP contribution is -2.36. The number of methoxy groups -OCH3 is 1. The Hall–Kier alpha value is -4.63. The number of carbonyl (C=O) groups is 1. The molecule has 3 fully saturated rings. The van der Waals surface area contributed by atoms with Gasteiger partial charge < -0.3 is 14.5 Å². The van der Waals surface area contributed by atoms with Gasteiger partial charge in [0, 0.05) is 55.4 Å². The molecule has 45 heavy (non-hydrogen) atoms. The quantitative estimate of drug-likeness (QED) is 0.259. The smallest absolute Gasteiger partial charge is 0.318 e. The molecule has 0 bridgehead atoms. The highest BCUT2D eigenvalue weighted by molar-refractivity contribution is 5.99. The number of hydrogen-bond acceptors (Lipinski definition) is 8. The summed E-state index contributed by atoms with van der Waals surface area (Å²) in [6.45, 7) is 8.66. The summed E-state index contributed by atoms with van der Waals surface area (Å²) >= 11 is 0. The fourth-order valence-corrected chi connectivity index (χ4v) is 6.87. The Labute approximate surface area is 260 Å². The van der Waals surface area contributed by atoms with Crippen molar-refractivity contribution in [1.29, 1.82) is 0 Å². The minimum atomic E-state index is -0.659. The fraction of sp³-hybridized carbons (Fsp3) is 0.424. The molecule has 1 aromatic carbocycles. The van der Waals surface area contributed by atoms with Crippen LogP contribution in [0.15, 0.2) is 37.1 Å². The number of likely N-dealkylation sites (tertiary alicyclic amines) is 1. The van der Waals surface area contributed by atoms with Crippen molar-refractivity contribution in [3.63, 3.8) is 0 Å². The van der Waals surface area contributed by atoms with Gasteiger partial charge in [-0.3, -0.25) is 19.8 Å². The molecule has 7 rings (SSSR count). The van der Waals surface area contributed by atoms with Crippen molar-refractivity contribution in [2.45, 2.75) is 50.4 Å². The number of nitrogens with one attached hydrogen (secondary N) is 1.